The highest BCUT2D eigenvalue weighted by molar-refractivity contribution is 5.53. The molecule has 2 unspecified atom stereocenters. The molecule has 2 aromatic rings. The second-order valence-electron chi connectivity index (χ2n) is 5.66. The largest absolute Gasteiger partial charge is 0.392 e. The van der Waals surface area contributed by atoms with Crippen molar-refractivity contribution in [3.05, 3.63) is 36.0 Å². The van der Waals surface area contributed by atoms with Crippen LogP contribution in [0, 0.1) is 5.82 Å². The SMILES string of the molecule is CC(C)N1CC(O)CC1c1nc(-c2ccc(F)cc2)no1. The number of benzene rings is 1. The predicted molar refractivity (Wildman–Crippen MR) is 74.9 cm³/mol. The Balaban J connectivity index is 1.86. The number of β-amino-alcohol motifs (C(OH)–C–C–N with tert-alkyl or cyclic N) is 1. The lowest BCUT2D eigenvalue weighted by Crippen LogP contribution is -2.31. The molecular formula is C15H18FN3O2. The van der Waals surface area contributed by atoms with Crippen LogP contribution in [0.2, 0.25) is 0 Å². The van der Waals surface area contributed by atoms with Crippen molar-refractivity contribution in [2.75, 3.05) is 6.54 Å². The molecule has 1 aromatic carbocycles. The quantitative estimate of drug-likeness (QED) is 0.940. The molecule has 2 heterocycles. The third-order valence-electron chi connectivity index (χ3n) is 3.81. The van der Waals surface area contributed by atoms with Crippen LogP contribution < -0.4 is 0 Å². The van der Waals surface area contributed by atoms with Gasteiger partial charge in [-0.25, -0.2) is 4.39 Å². The number of aliphatic hydroxyl groups excluding tert-OH is 1. The van der Waals surface area contributed by atoms with Crippen molar-refractivity contribution in [3.63, 3.8) is 0 Å². The Kier molecular flexibility index (Phi) is 3.73. The van der Waals surface area contributed by atoms with Crippen LogP contribution in [-0.4, -0.2) is 38.8 Å². The van der Waals surface area contributed by atoms with Crippen molar-refractivity contribution >= 4 is 0 Å². The van der Waals surface area contributed by atoms with Gasteiger partial charge in [-0.2, -0.15) is 4.98 Å². The zero-order valence-electron chi connectivity index (χ0n) is 12.0. The molecule has 0 amide bonds. The van der Waals surface area contributed by atoms with Gasteiger partial charge in [0.1, 0.15) is 5.82 Å². The monoisotopic (exact) mass is 291 g/mol. The van der Waals surface area contributed by atoms with E-state index in [0.717, 1.165) is 0 Å². The Hall–Kier alpha value is -1.79. The van der Waals surface area contributed by atoms with Crippen LogP contribution in [0.25, 0.3) is 11.4 Å². The van der Waals surface area contributed by atoms with E-state index >= 15 is 0 Å². The fourth-order valence-corrected chi connectivity index (χ4v) is 2.74. The van der Waals surface area contributed by atoms with Gasteiger partial charge in [0.15, 0.2) is 0 Å². The molecule has 6 heteroatoms. The Bertz CT molecular complexity index is 612. The maximum atomic E-state index is 12.9. The number of aromatic nitrogens is 2. The predicted octanol–water partition coefficient (Wildman–Crippen LogP) is 2.39. The molecule has 0 bridgehead atoms. The van der Waals surface area contributed by atoms with Gasteiger partial charge in [0.25, 0.3) is 0 Å². The van der Waals surface area contributed by atoms with E-state index in [9.17, 15) is 9.50 Å². The summed E-state index contributed by atoms with van der Waals surface area (Å²) in [5.74, 6) is 0.641. The minimum Gasteiger partial charge on any atom is -0.392 e. The number of rotatable bonds is 3. The maximum Gasteiger partial charge on any atom is 0.244 e. The number of aliphatic hydroxyl groups is 1. The molecule has 1 aliphatic rings. The van der Waals surface area contributed by atoms with Gasteiger partial charge in [0, 0.05) is 18.2 Å². The van der Waals surface area contributed by atoms with Crippen molar-refractivity contribution in [1.29, 1.82) is 0 Å². The van der Waals surface area contributed by atoms with Crippen molar-refractivity contribution in [2.45, 2.75) is 38.5 Å². The van der Waals surface area contributed by atoms with Crippen LogP contribution >= 0.6 is 0 Å². The normalized spacial score (nSPS) is 23.1. The second-order valence-corrected chi connectivity index (χ2v) is 5.66. The van der Waals surface area contributed by atoms with Crippen molar-refractivity contribution in [2.24, 2.45) is 0 Å². The Morgan fingerprint density at radius 3 is 2.71 bits per heavy atom. The fraction of sp³-hybridized carbons (Fsp3) is 0.467. The first-order valence-corrected chi connectivity index (χ1v) is 7.08. The lowest BCUT2D eigenvalue weighted by atomic mass is 10.2. The lowest BCUT2D eigenvalue weighted by Gasteiger charge is -2.25. The molecule has 0 aliphatic carbocycles. The highest BCUT2D eigenvalue weighted by Gasteiger charge is 2.37. The summed E-state index contributed by atoms with van der Waals surface area (Å²) in [7, 11) is 0. The number of likely N-dealkylation sites (tertiary alicyclic amines) is 1. The average Bonchev–Trinajstić information content (AvgIpc) is 3.06. The molecule has 0 saturated carbocycles. The van der Waals surface area contributed by atoms with Gasteiger partial charge in [-0.3, -0.25) is 4.90 Å². The van der Waals surface area contributed by atoms with Crippen LogP contribution in [-0.2, 0) is 0 Å². The topological polar surface area (TPSA) is 62.4 Å². The van der Waals surface area contributed by atoms with Crippen LogP contribution in [0.1, 0.15) is 32.2 Å². The zero-order valence-corrected chi connectivity index (χ0v) is 12.0. The minimum atomic E-state index is -0.376. The molecule has 112 valence electrons. The van der Waals surface area contributed by atoms with E-state index in [1.54, 1.807) is 12.1 Å². The van der Waals surface area contributed by atoms with Gasteiger partial charge >= 0.3 is 0 Å². The average molecular weight is 291 g/mol. The van der Waals surface area contributed by atoms with E-state index < -0.39 is 0 Å². The third kappa shape index (κ3) is 2.82. The van der Waals surface area contributed by atoms with Crippen LogP contribution in [0.3, 0.4) is 0 Å². The fourth-order valence-electron chi connectivity index (χ4n) is 2.74. The molecule has 21 heavy (non-hydrogen) atoms. The Morgan fingerprint density at radius 2 is 2.05 bits per heavy atom. The van der Waals surface area contributed by atoms with Gasteiger partial charge in [-0.1, -0.05) is 5.16 Å². The highest BCUT2D eigenvalue weighted by Crippen LogP contribution is 2.33. The Morgan fingerprint density at radius 1 is 1.33 bits per heavy atom. The summed E-state index contributed by atoms with van der Waals surface area (Å²) in [6.07, 6.45) is 0.210. The van der Waals surface area contributed by atoms with E-state index in [4.69, 9.17) is 4.52 Å². The lowest BCUT2D eigenvalue weighted by molar-refractivity contribution is 0.150. The molecule has 1 fully saturated rings. The van der Waals surface area contributed by atoms with E-state index in [1.165, 1.54) is 12.1 Å². The summed E-state index contributed by atoms with van der Waals surface area (Å²) in [5, 5.41) is 13.8. The number of halogens is 1. The number of nitrogens with zero attached hydrogens (tertiary/aromatic N) is 3. The number of hydrogen-bond acceptors (Lipinski definition) is 5. The van der Waals surface area contributed by atoms with Gasteiger partial charge in [0.05, 0.1) is 12.1 Å². The molecule has 5 nitrogen and oxygen atoms in total. The van der Waals surface area contributed by atoms with Gasteiger partial charge < -0.3 is 9.63 Å². The van der Waals surface area contributed by atoms with Crippen molar-refractivity contribution in [1.82, 2.24) is 15.0 Å². The van der Waals surface area contributed by atoms with Crippen LogP contribution in [0.4, 0.5) is 4.39 Å². The van der Waals surface area contributed by atoms with E-state index in [0.29, 0.717) is 30.2 Å². The molecule has 0 radical (unpaired) electrons. The molecule has 1 aromatic heterocycles. The molecule has 3 rings (SSSR count). The summed E-state index contributed by atoms with van der Waals surface area (Å²) in [4.78, 5) is 6.55. The first-order chi connectivity index (χ1) is 10.0. The first-order valence-electron chi connectivity index (χ1n) is 7.08. The molecule has 2 atom stereocenters. The summed E-state index contributed by atoms with van der Waals surface area (Å²) >= 11 is 0. The van der Waals surface area contributed by atoms with Gasteiger partial charge in [-0.05, 0) is 44.5 Å². The van der Waals surface area contributed by atoms with Gasteiger partial charge in [-0.15, -0.1) is 0 Å². The molecule has 1 N–H and O–H groups in total. The smallest absolute Gasteiger partial charge is 0.244 e. The Labute approximate surface area is 122 Å². The van der Waals surface area contributed by atoms with E-state index in [1.807, 2.05) is 0 Å². The van der Waals surface area contributed by atoms with Crippen molar-refractivity contribution in [3.8, 4) is 11.4 Å². The summed E-state index contributed by atoms with van der Waals surface area (Å²) < 4.78 is 18.3. The molecule has 1 saturated heterocycles. The first kappa shape index (κ1) is 14.2. The minimum absolute atomic E-state index is 0.0679. The standard InChI is InChI=1S/C15H18FN3O2/c1-9(2)19-8-12(20)7-13(19)15-17-14(18-21-15)10-3-5-11(16)6-4-10/h3-6,9,12-13,20H,7-8H2,1-2H3. The number of hydrogen-bond donors (Lipinski definition) is 1. The molecular weight excluding hydrogens is 273 g/mol. The van der Waals surface area contributed by atoms with E-state index in [-0.39, 0.29) is 24.0 Å². The van der Waals surface area contributed by atoms with Gasteiger partial charge in [0.2, 0.25) is 11.7 Å². The van der Waals surface area contributed by atoms with Crippen LogP contribution in [0.5, 0.6) is 0 Å². The third-order valence-corrected chi connectivity index (χ3v) is 3.81. The highest BCUT2D eigenvalue weighted by atomic mass is 19.1. The zero-order chi connectivity index (χ0) is 15.0. The molecule has 1 aliphatic heterocycles. The second kappa shape index (κ2) is 5.54. The van der Waals surface area contributed by atoms with Crippen molar-refractivity contribution < 1.29 is 14.0 Å². The van der Waals surface area contributed by atoms with Crippen LogP contribution in [0.15, 0.2) is 28.8 Å². The van der Waals surface area contributed by atoms with E-state index in [2.05, 4.69) is 28.9 Å². The summed E-state index contributed by atoms with van der Waals surface area (Å²) in [5.41, 5.74) is 0.709. The summed E-state index contributed by atoms with van der Waals surface area (Å²) in [6, 6.07) is 6.19. The summed E-state index contributed by atoms with van der Waals surface area (Å²) in [6.45, 7) is 4.75. The molecule has 0 spiro atoms. The maximum absolute atomic E-state index is 12.9.